The van der Waals surface area contributed by atoms with Gasteiger partial charge in [0.05, 0.1) is 0 Å². The van der Waals surface area contributed by atoms with Crippen molar-refractivity contribution in [3.8, 4) is 11.4 Å². The van der Waals surface area contributed by atoms with E-state index in [4.69, 9.17) is 0 Å². The Morgan fingerprint density at radius 2 is 1.95 bits per heavy atom. The van der Waals surface area contributed by atoms with Crippen LogP contribution in [0.5, 0.6) is 0 Å². The SMILES string of the molecule is CNc1nc(-c2cccnc2)nc(N2CCCCC2)n1. The summed E-state index contributed by atoms with van der Waals surface area (Å²) < 4.78 is 0. The Kier molecular flexibility index (Phi) is 3.71. The van der Waals surface area contributed by atoms with Gasteiger partial charge in [0, 0.05) is 38.1 Å². The predicted molar refractivity (Wildman–Crippen MR) is 78.7 cm³/mol. The molecule has 0 saturated carbocycles. The fourth-order valence-electron chi connectivity index (χ4n) is 2.34. The molecule has 1 N–H and O–H groups in total. The molecule has 2 aromatic rings. The quantitative estimate of drug-likeness (QED) is 0.919. The molecular weight excluding hydrogens is 252 g/mol. The maximum absolute atomic E-state index is 4.60. The van der Waals surface area contributed by atoms with Crippen LogP contribution in [0.4, 0.5) is 11.9 Å². The van der Waals surface area contributed by atoms with Gasteiger partial charge in [0.1, 0.15) is 0 Å². The molecule has 3 heterocycles. The van der Waals surface area contributed by atoms with E-state index in [0.29, 0.717) is 11.8 Å². The molecule has 0 spiro atoms. The van der Waals surface area contributed by atoms with Gasteiger partial charge in [-0.05, 0) is 31.4 Å². The lowest BCUT2D eigenvalue weighted by Crippen LogP contribution is -2.31. The lowest BCUT2D eigenvalue weighted by atomic mass is 10.1. The van der Waals surface area contributed by atoms with Gasteiger partial charge >= 0.3 is 0 Å². The normalized spacial score (nSPS) is 15.2. The average Bonchev–Trinajstić information content (AvgIpc) is 2.56. The van der Waals surface area contributed by atoms with Crippen LogP contribution in [0.3, 0.4) is 0 Å². The summed E-state index contributed by atoms with van der Waals surface area (Å²) in [7, 11) is 1.82. The van der Waals surface area contributed by atoms with Gasteiger partial charge in [-0.3, -0.25) is 4.98 Å². The fraction of sp³-hybridized carbons (Fsp3) is 0.429. The fourth-order valence-corrected chi connectivity index (χ4v) is 2.34. The van der Waals surface area contributed by atoms with E-state index in [0.717, 1.165) is 24.6 Å². The van der Waals surface area contributed by atoms with Gasteiger partial charge in [-0.2, -0.15) is 15.0 Å². The van der Waals surface area contributed by atoms with E-state index in [1.165, 1.54) is 19.3 Å². The third-order valence-electron chi connectivity index (χ3n) is 3.41. The highest BCUT2D eigenvalue weighted by Crippen LogP contribution is 2.21. The standard InChI is InChI=1S/C14H18N6/c1-15-13-17-12(11-6-5-7-16-10-11)18-14(19-13)20-8-3-2-4-9-20/h5-7,10H,2-4,8-9H2,1H3,(H,15,17,18,19). The maximum Gasteiger partial charge on any atom is 0.230 e. The monoisotopic (exact) mass is 270 g/mol. The Morgan fingerprint density at radius 3 is 2.65 bits per heavy atom. The number of pyridine rings is 1. The van der Waals surface area contributed by atoms with E-state index in [-0.39, 0.29) is 0 Å². The first-order valence-corrected chi connectivity index (χ1v) is 6.96. The van der Waals surface area contributed by atoms with Gasteiger partial charge in [-0.25, -0.2) is 0 Å². The second-order valence-electron chi connectivity index (χ2n) is 4.82. The Labute approximate surface area is 118 Å². The van der Waals surface area contributed by atoms with E-state index < -0.39 is 0 Å². The molecule has 1 aliphatic rings. The zero-order valence-corrected chi connectivity index (χ0v) is 11.6. The molecule has 20 heavy (non-hydrogen) atoms. The summed E-state index contributed by atoms with van der Waals surface area (Å²) in [4.78, 5) is 19.8. The molecule has 0 atom stereocenters. The molecule has 1 saturated heterocycles. The second-order valence-corrected chi connectivity index (χ2v) is 4.82. The molecule has 2 aromatic heterocycles. The summed E-state index contributed by atoms with van der Waals surface area (Å²) in [6, 6.07) is 3.85. The van der Waals surface area contributed by atoms with Crippen LogP contribution < -0.4 is 10.2 Å². The molecule has 0 bridgehead atoms. The molecule has 6 nitrogen and oxygen atoms in total. The van der Waals surface area contributed by atoms with Crippen molar-refractivity contribution in [3.63, 3.8) is 0 Å². The zero-order chi connectivity index (χ0) is 13.8. The first kappa shape index (κ1) is 12.8. The van der Waals surface area contributed by atoms with E-state index in [1.807, 2.05) is 19.2 Å². The van der Waals surface area contributed by atoms with Crippen LogP contribution in [0, 0.1) is 0 Å². The molecule has 3 rings (SSSR count). The van der Waals surface area contributed by atoms with Crippen molar-refractivity contribution in [1.82, 2.24) is 19.9 Å². The first-order chi connectivity index (χ1) is 9.86. The molecule has 0 amide bonds. The lowest BCUT2D eigenvalue weighted by Gasteiger charge is -2.26. The molecule has 1 aliphatic heterocycles. The number of aromatic nitrogens is 4. The van der Waals surface area contributed by atoms with Gasteiger partial charge in [0.2, 0.25) is 11.9 Å². The van der Waals surface area contributed by atoms with Crippen LogP contribution in [0.15, 0.2) is 24.5 Å². The number of hydrogen-bond acceptors (Lipinski definition) is 6. The topological polar surface area (TPSA) is 66.8 Å². The summed E-state index contributed by atoms with van der Waals surface area (Å²) in [6.07, 6.45) is 7.20. The largest absolute Gasteiger partial charge is 0.357 e. The number of piperidine rings is 1. The third kappa shape index (κ3) is 2.68. The third-order valence-corrected chi connectivity index (χ3v) is 3.41. The van der Waals surface area contributed by atoms with Crippen molar-refractivity contribution < 1.29 is 0 Å². The molecule has 104 valence electrons. The summed E-state index contributed by atoms with van der Waals surface area (Å²) >= 11 is 0. The minimum atomic E-state index is 0.597. The number of rotatable bonds is 3. The van der Waals surface area contributed by atoms with Crippen LogP contribution in [-0.4, -0.2) is 40.1 Å². The molecule has 1 fully saturated rings. The predicted octanol–water partition coefficient (Wildman–Crippen LogP) is 1.97. The Bertz CT molecular complexity index is 565. The first-order valence-electron chi connectivity index (χ1n) is 6.96. The maximum atomic E-state index is 4.60. The minimum absolute atomic E-state index is 0.597. The summed E-state index contributed by atoms with van der Waals surface area (Å²) in [6.45, 7) is 2.03. The highest BCUT2D eigenvalue weighted by molar-refractivity contribution is 5.57. The highest BCUT2D eigenvalue weighted by Gasteiger charge is 2.16. The second kappa shape index (κ2) is 5.81. The average molecular weight is 270 g/mol. The van der Waals surface area contributed by atoms with Crippen molar-refractivity contribution in [2.75, 3.05) is 30.4 Å². The number of anilines is 2. The smallest absolute Gasteiger partial charge is 0.230 e. The molecule has 0 unspecified atom stereocenters. The van der Waals surface area contributed by atoms with Gasteiger partial charge in [-0.1, -0.05) is 0 Å². The van der Waals surface area contributed by atoms with Crippen LogP contribution in [0.25, 0.3) is 11.4 Å². The van der Waals surface area contributed by atoms with Gasteiger partial charge in [0.15, 0.2) is 5.82 Å². The summed E-state index contributed by atoms with van der Waals surface area (Å²) in [5.74, 6) is 2.01. The molecule has 6 heteroatoms. The number of nitrogens with zero attached hydrogens (tertiary/aromatic N) is 5. The zero-order valence-electron chi connectivity index (χ0n) is 11.6. The van der Waals surface area contributed by atoms with Crippen LogP contribution in [0.2, 0.25) is 0 Å². The van der Waals surface area contributed by atoms with Crippen LogP contribution in [0.1, 0.15) is 19.3 Å². The molecule has 0 aliphatic carbocycles. The Hall–Kier alpha value is -2.24. The number of nitrogens with one attached hydrogen (secondary N) is 1. The van der Waals surface area contributed by atoms with E-state index in [9.17, 15) is 0 Å². The molecule has 0 radical (unpaired) electrons. The Morgan fingerprint density at radius 1 is 1.10 bits per heavy atom. The van der Waals surface area contributed by atoms with Gasteiger partial charge < -0.3 is 10.2 Å². The van der Waals surface area contributed by atoms with Crippen molar-refractivity contribution >= 4 is 11.9 Å². The Balaban J connectivity index is 1.98. The van der Waals surface area contributed by atoms with Crippen molar-refractivity contribution in [3.05, 3.63) is 24.5 Å². The highest BCUT2D eigenvalue weighted by atomic mass is 15.3. The van der Waals surface area contributed by atoms with Crippen molar-refractivity contribution in [1.29, 1.82) is 0 Å². The lowest BCUT2D eigenvalue weighted by molar-refractivity contribution is 0.568. The van der Waals surface area contributed by atoms with Gasteiger partial charge in [0.25, 0.3) is 0 Å². The van der Waals surface area contributed by atoms with Crippen molar-refractivity contribution in [2.24, 2.45) is 0 Å². The summed E-state index contributed by atoms with van der Waals surface area (Å²) in [5.41, 5.74) is 0.907. The van der Waals surface area contributed by atoms with E-state index in [1.54, 1.807) is 12.4 Å². The van der Waals surface area contributed by atoms with E-state index in [2.05, 4.69) is 30.2 Å². The van der Waals surface area contributed by atoms with Crippen LogP contribution in [-0.2, 0) is 0 Å². The number of hydrogen-bond donors (Lipinski definition) is 1. The van der Waals surface area contributed by atoms with E-state index >= 15 is 0 Å². The van der Waals surface area contributed by atoms with Gasteiger partial charge in [-0.15, -0.1) is 0 Å². The summed E-state index contributed by atoms with van der Waals surface area (Å²) in [5, 5.41) is 3.01. The molecular formula is C14H18N6. The van der Waals surface area contributed by atoms with Crippen molar-refractivity contribution in [2.45, 2.75) is 19.3 Å². The minimum Gasteiger partial charge on any atom is -0.357 e. The molecule has 0 aromatic carbocycles. The van der Waals surface area contributed by atoms with Crippen LogP contribution >= 0.6 is 0 Å².